The van der Waals surface area contributed by atoms with Gasteiger partial charge in [0, 0.05) is 18.2 Å². The second kappa shape index (κ2) is 10.8. The minimum Gasteiger partial charge on any atom is -0.341 e. The Morgan fingerprint density at radius 1 is 0.929 bits per heavy atom. The first kappa shape index (κ1) is 20.3. The molecule has 0 fully saturated rings. The van der Waals surface area contributed by atoms with E-state index in [1.165, 1.54) is 42.6 Å². The van der Waals surface area contributed by atoms with Crippen LogP contribution in [-0.4, -0.2) is 16.0 Å². The van der Waals surface area contributed by atoms with E-state index in [0.717, 1.165) is 30.8 Å². The van der Waals surface area contributed by atoms with E-state index in [4.69, 9.17) is 4.98 Å². The molecule has 0 aliphatic heterocycles. The van der Waals surface area contributed by atoms with Gasteiger partial charge in [-0.05, 0) is 31.2 Å². The van der Waals surface area contributed by atoms with Gasteiger partial charge in [-0.25, -0.2) is 4.98 Å². The number of aromatic nitrogens is 2. The van der Waals surface area contributed by atoms with Crippen LogP contribution in [0.4, 0.5) is 0 Å². The van der Waals surface area contributed by atoms with Gasteiger partial charge < -0.3 is 10.3 Å². The minimum atomic E-state index is 0.481. The fourth-order valence-corrected chi connectivity index (χ4v) is 3.65. The van der Waals surface area contributed by atoms with Crippen LogP contribution in [-0.2, 0) is 19.4 Å². The quantitative estimate of drug-likeness (QED) is 0.437. The number of hydrogen-bond donors (Lipinski definition) is 2. The molecule has 0 amide bonds. The smallest absolute Gasteiger partial charge is 0.137 e. The van der Waals surface area contributed by atoms with Crippen molar-refractivity contribution in [3.05, 3.63) is 77.6 Å². The van der Waals surface area contributed by atoms with Gasteiger partial charge in [0.25, 0.3) is 0 Å². The fraction of sp³-hybridized carbons (Fsp3) is 0.400. The summed E-state index contributed by atoms with van der Waals surface area (Å²) in [5, 5.41) is 3.80. The Bertz CT molecular complexity index is 808. The average Bonchev–Trinajstić information content (AvgIpc) is 3.15. The Labute approximate surface area is 169 Å². The molecule has 0 radical (unpaired) electrons. The molecule has 28 heavy (non-hydrogen) atoms. The Kier molecular flexibility index (Phi) is 7.86. The van der Waals surface area contributed by atoms with Crippen LogP contribution in [0, 0.1) is 0 Å². The summed E-state index contributed by atoms with van der Waals surface area (Å²) in [6, 6.07) is 21.7. The zero-order valence-electron chi connectivity index (χ0n) is 17.2. The Morgan fingerprint density at radius 2 is 1.64 bits per heavy atom. The van der Waals surface area contributed by atoms with Crippen molar-refractivity contribution in [1.29, 1.82) is 0 Å². The van der Waals surface area contributed by atoms with Crippen LogP contribution in [0.25, 0.3) is 11.4 Å². The van der Waals surface area contributed by atoms with E-state index in [1.807, 2.05) is 6.07 Å². The highest BCUT2D eigenvalue weighted by molar-refractivity contribution is 5.55. The summed E-state index contributed by atoms with van der Waals surface area (Å²) < 4.78 is 0. The largest absolute Gasteiger partial charge is 0.341 e. The molecular formula is C25H33N3. The second-order valence-electron chi connectivity index (χ2n) is 7.54. The molecule has 2 aromatic carbocycles. The third-order valence-electron chi connectivity index (χ3n) is 5.21. The number of H-pyrrole nitrogens is 1. The Hall–Kier alpha value is -2.39. The van der Waals surface area contributed by atoms with Crippen molar-refractivity contribution in [2.45, 2.75) is 65.0 Å². The molecule has 1 atom stereocenters. The summed E-state index contributed by atoms with van der Waals surface area (Å²) in [5.74, 6) is 0.985. The average molecular weight is 376 g/mol. The van der Waals surface area contributed by atoms with Gasteiger partial charge >= 0.3 is 0 Å². The molecule has 3 nitrogen and oxygen atoms in total. The summed E-state index contributed by atoms with van der Waals surface area (Å²) in [6.45, 7) is 5.34. The molecule has 0 spiro atoms. The van der Waals surface area contributed by atoms with Crippen LogP contribution >= 0.6 is 0 Å². The van der Waals surface area contributed by atoms with Crippen molar-refractivity contribution < 1.29 is 0 Å². The van der Waals surface area contributed by atoms with Gasteiger partial charge in [0.05, 0.1) is 11.4 Å². The number of aromatic amines is 1. The number of rotatable bonds is 11. The van der Waals surface area contributed by atoms with E-state index in [1.54, 1.807) is 0 Å². The Morgan fingerprint density at radius 3 is 2.32 bits per heavy atom. The lowest BCUT2D eigenvalue weighted by Crippen LogP contribution is -2.31. The number of unbranched alkanes of at least 4 members (excludes halogenated alkanes) is 1. The van der Waals surface area contributed by atoms with Crippen molar-refractivity contribution in [1.82, 2.24) is 15.3 Å². The maximum atomic E-state index is 4.93. The van der Waals surface area contributed by atoms with E-state index in [0.29, 0.717) is 6.04 Å². The predicted octanol–water partition coefficient (Wildman–Crippen LogP) is 5.92. The number of hydrogen-bond acceptors (Lipinski definition) is 2. The van der Waals surface area contributed by atoms with Crippen LogP contribution in [0.2, 0.25) is 0 Å². The van der Waals surface area contributed by atoms with Gasteiger partial charge in [-0.3, -0.25) is 0 Å². The first-order valence-corrected chi connectivity index (χ1v) is 10.7. The molecule has 3 rings (SSSR count). The van der Waals surface area contributed by atoms with Crippen molar-refractivity contribution >= 4 is 0 Å². The second-order valence-corrected chi connectivity index (χ2v) is 7.54. The maximum absolute atomic E-state index is 4.93. The molecule has 0 saturated heterocycles. The van der Waals surface area contributed by atoms with Gasteiger partial charge in [-0.15, -0.1) is 0 Å². The van der Waals surface area contributed by atoms with Crippen molar-refractivity contribution in [3.63, 3.8) is 0 Å². The molecule has 0 aliphatic carbocycles. The highest BCUT2D eigenvalue weighted by Gasteiger charge is 2.14. The van der Waals surface area contributed by atoms with Crippen LogP contribution in [0.5, 0.6) is 0 Å². The highest BCUT2D eigenvalue weighted by atomic mass is 15.0. The number of aryl methyl sites for hydroxylation is 1. The molecule has 1 unspecified atom stereocenters. The highest BCUT2D eigenvalue weighted by Crippen LogP contribution is 2.20. The monoisotopic (exact) mass is 375 g/mol. The van der Waals surface area contributed by atoms with Gasteiger partial charge in [-0.2, -0.15) is 0 Å². The predicted molar refractivity (Wildman–Crippen MR) is 118 cm³/mol. The molecule has 1 aromatic heterocycles. The van der Waals surface area contributed by atoms with Crippen LogP contribution in [0.1, 0.15) is 56.5 Å². The summed E-state index contributed by atoms with van der Waals surface area (Å²) >= 11 is 0. The van der Waals surface area contributed by atoms with Gasteiger partial charge in [0.2, 0.25) is 0 Å². The van der Waals surface area contributed by atoms with Crippen LogP contribution in [0.3, 0.4) is 0 Å². The SMILES string of the molecule is CCCCc1nc(-c2ccccc2)[nH]c1CNC(CCC)Cc1ccccc1. The van der Waals surface area contributed by atoms with Crippen molar-refractivity contribution in [3.8, 4) is 11.4 Å². The summed E-state index contributed by atoms with van der Waals surface area (Å²) in [7, 11) is 0. The molecule has 2 N–H and O–H groups in total. The van der Waals surface area contributed by atoms with E-state index in [9.17, 15) is 0 Å². The van der Waals surface area contributed by atoms with Crippen molar-refractivity contribution in [2.75, 3.05) is 0 Å². The topological polar surface area (TPSA) is 40.7 Å². The molecule has 0 bridgehead atoms. The summed E-state index contributed by atoms with van der Waals surface area (Å²) in [5.41, 5.74) is 5.00. The molecule has 0 aliphatic rings. The maximum Gasteiger partial charge on any atom is 0.137 e. The Balaban J connectivity index is 1.72. The third kappa shape index (κ3) is 5.80. The summed E-state index contributed by atoms with van der Waals surface area (Å²) in [4.78, 5) is 8.53. The standard InChI is InChI=1S/C25H33N3/c1-3-5-17-23-24(28-25(27-23)21-15-10-7-11-16-21)19-26-22(12-4-2)18-20-13-8-6-9-14-20/h6-11,13-16,22,26H,3-5,12,17-19H2,1-2H3,(H,27,28). The van der Waals surface area contributed by atoms with E-state index in [-0.39, 0.29) is 0 Å². The van der Waals surface area contributed by atoms with Gasteiger partial charge in [0.15, 0.2) is 0 Å². The van der Waals surface area contributed by atoms with E-state index in [2.05, 4.69) is 78.7 Å². The van der Waals surface area contributed by atoms with E-state index < -0.39 is 0 Å². The molecule has 0 saturated carbocycles. The number of benzene rings is 2. The lowest BCUT2D eigenvalue weighted by molar-refractivity contribution is 0.468. The lowest BCUT2D eigenvalue weighted by Gasteiger charge is -2.18. The fourth-order valence-electron chi connectivity index (χ4n) is 3.65. The first-order chi connectivity index (χ1) is 13.8. The normalized spacial score (nSPS) is 12.2. The number of nitrogens with zero attached hydrogens (tertiary/aromatic N) is 1. The van der Waals surface area contributed by atoms with Crippen LogP contribution < -0.4 is 5.32 Å². The molecule has 148 valence electrons. The van der Waals surface area contributed by atoms with E-state index >= 15 is 0 Å². The summed E-state index contributed by atoms with van der Waals surface area (Å²) in [6.07, 6.45) is 6.83. The number of imidazole rings is 1. The number of nitrogens with one attached hydrogen (secondary N) is 2. The molecule has 3 heteroatoms. The van der Waals surface area contributed by atoms with Crippen LogP contribution in [0.15, 0.2) is 60.7 Å². The minimum absolute atomic E-state index is 0.481. The first-order valence-electron chi connectivity index (χ1n) is 10.7. The van der Waals surface area contributed by atoms with Crippen molar-refractivity contribution in [2.24, 2.45) is 0 Å². The zero-order chi connectivity index (χ0) is 19.6. The zero-order valence-corrected chi connectivity index (χ0v) is 17.2. The third-order valence-corrected chi connectivity index (χ3v) is 5.21. The lowest BCUT2D eigenvalue weighted by atomic mass is 10.0. The molecular weight excluding hydrogens is 342 g/mol. The van der Waals surface area contributed by atoms with Gasteiger partial charge in [-0.1, -0.05) is 87.4 Å². The molecule has 1 heterocycles. The van der Waals surface area contributed by atoms with Gasteiger partial charge in [0.1, 0.15) is 5.82 Å². The molecule has 3 aromatic rings.